The molecule has 2 atom stereocenters. The van der Waals surface area contributed by atoms with E-state index in [1.54, 1.807) is 24.9 Å². The minimum atomic E-state index is -0.533. The normalized spacial score (nSPS) is 21.2. The molecule has 2 N–H and O–H groups in total. The Labute approximate surface area is 106 Å². The third-order valence-electron chi connectivity index (χ3n) is 3.11. The highest BCUT2D eigenvalue weighted by Crippen LogP contribution is 2.27. The van der Waals surface area contributed by atoms with Crippen LogP contribution in [-0.4, -0.2) is 30.5 Å². The molecule has 0 bridgehead atoms. The number of nitrogens with two attached hydrogens (primary N) is 1. The molecule has 1 aliphatic heterocycles. The monoisotopic (exact) mass is 252 g/mol. The lowest BCUT2D eigenvalue weighted by Gasteiger charge is -2.17. The highest BCUT2D eigenvalue weighted by molar-refractivity contribution is 5.83. The summed E-state index contributed by atoms with van der Waals surface area (Å²) < 4.78 is 18.9. The Morgan fingerprint density at radius 2 is 2.28 bits per heavy atom. The topological polar surface area (TPSA) is 55.6 Å². The fourth-order valence-electron chi connectivity index (χ4n) is 2.04. The van der Waals surface area contributed by atoms with Crippen molar-refractivity contribution in [3.05, 3.63) is 29.6 Å². The number of amides is 1. The summed E-state index contributed by atoms with van der Waals surface area (Å²) in [5.74, 6) is -0.110. The molecule has 0 aliphatic carbocycles. The van der Waals surface area contributed by atoms with Crippen LogP contribution in [0.3, 0.4) is 0 Å². The predicted octanol–water partition coefficient (Wildman–Crippen LogP) is 1.45. The number of halogens is 1. The molecule has 1 aliphatic rings. The minimum Gasteiger partial charge on any atom is -0.480 e. The maximum Gasteiger partial charge on any atom is 0.263 e. The van der Waals surface area contributed by atoms with E-state index >= 15 is 0 Å². The highest BCUT2D eigenvalue weighted by Gasteiger charge is 2.31. The molecule has 1 unspecified atom stereocenters. The van der Waals surface area contributed by atoms with Crippen molar-refractivity contribution < 1.29 is 13.9 Å². The second-order valence-corrected chi connectivity index (χ2v) is 4.63. The molecule has 1 aromatic carbocycles. The summed E-state index contributed by atoms with van der Waals surface area (Å²) >= 11 is 0. The van der Waals surface area contributed by atoms with Crippen LogP contribution in [0.2, 0.25) is 0 Å². The first kappa shape index (κ1) is 12.8. The lowest BCUT2D eigenvalue weighted by atomic mass is 10.1. The maximum atomic E-state index is 13.2. The SMILES string of the molecule is C[C@H](N)c1ccc(F)cc1OC1CCN(C)C1=O. The quantitative estimate of drug-likeness (QED) is 0.886. The van der Waals surface area contributed by atoms with Gasteiger partial charge in [-0.15, -0.1) is 0 Å². The van der Waals surface area contributed by atoms with E-state index < -0.39 is 11.9 Å². The van der Waals surface area contributed by atoms with Gasteiger partial charge in [-0.1, -0.05) is 6.07 Å². The molecule has 0 radical (unpaired) electrons. The van der Waals surface area contributed by atoms with E-state index in [0.29, 0.717) is 24.3 Å². The number of nitrogens with zero attached hydrogens (tertiary/aromatic N) is 1. The Hall–Kier alpha value is -1.62. The molecule has 2 rings (SSSR count). The zero-order valence-electron chi connectivity index (χ0n) is 10.5. The Morgan fingerprint density at radius 1 is 1.56 bits per heavy atom. The molecule has 1 aromatic rings. The Morgan fingerprint density at radius 3 is 2.83 bits per heavy atom. The fourth-order valence-corrected chi connectivity index (χ4v) is 2.04. The van der Waals surface area contributed by atoms with Gasteiger partial charge in [0.25, 0.3) is 5.91 Å². The van der Waals surface area contributed by atoms with Crippen molar-refractivity contribution >= 4 is 5.91 Å². The standard InChI is InChI=1S/C13H17FN2O2/c1-8(15)10-4-3-9(14)7-12(10)18-11-5-6-16(2)13(11)17/h3-4,7-8,11H,5-6,15H2,1-2H3/t8-,11?/m0/s1. The van der Waals surface area contributed by atoms with E-state index in [2.05, 4.69) is 0 Å². The van der Waals surface area contributed by atoms with Crippen LogP contribution in [0.5, 0.6) is 5.75 Å². The van der Waals surface area contributed by atoms with Crippen molar-refractivity contribution in [1.82, 2.24) is 4.90 Å². The maximum absolute atomic E-state index is 13.2. The van der Waals surface area contributed by atoms with Gasteiger partial charge in [0.2, 0.25) is 0 Å². The second kappa shape index (κ2) is 4.94. The van der Waals surface area contributed by atoms with Crippen LogP contribution in [0.15, 0.2) is 18.2 Å². The average Bonchev–Trinajstić information content (AvgIpc) is 2.61. The average molecular weight is 252 g/mol. The molecule has 0 saturated carbocycles. The van der Waals surface area contributed by atoms with E-state index in [-0.39, 0.29) is 11.9 Å². The molecule has 98 valence electrons. The van der Waals surface area contributed by atoms with E-state index in [4.69, 9.17) is 10.5 Å². The second-order valence-electron chi connectivity index (χ2n) is 4.63. The molecular weight excluding hydrogens is 235 g/mol. The van der Waals surface area contributed by atoms with Crippen molar-refractivity contribution in [3.8, 4) is 5.75 Å². The molecule has 0 aromatic heterocycles. The van der Waals surface area contributed by atoms with Crippen LogP contribution in [0.1, 0.15) is 24.9 Å². The number of likely N-dealkylation sites (N-methyl/N-ethyl adjacent to an activating group) is 1. The number of rotatable bonds is 3. The van der Waals surface area contributed by atoms with Crippen LogP contribution in [-0.2, 0) is 4.79 Å². The van der Waals surface area contributed by atoms with Gasteiger partial charge in [0, 0.05) is 37.7 Å². The van der Waals surface area contributed by atoms with Gasteiger partial charge in [-0.3, -0.25) is 4.79 Å². The summed E-state index contributed by atoms with van der Waals surface area (Å²) in [6.07, 6.45) is 0.0823. The summed E-state index contributed by atoms with van der Waals surface area (Å²) in [7, 11) is 1.73. The van der Waals surface area contributed by atoms with Gasteiger partial charge in [-0.05, 0) is 13.0 Å². The first-order valence-electron chi connectivity index (χ1n) is 5.95. The minimum absolute atomic E-state index is 0.0742. The van der Waals surface area contributed by atoms with Crippen LogP contribution in [0, 0.1) is 5.82 Å². The lowest BCUT2D eigenvalue weighted by Crippen LogP contribution is -2.29. The summed E-state index contributed by atoms with van der Waals surface area (Å²) in [5.41, 5.74) is 6.51. The molecule has 1 heterocycles. The number of hydrogen-bond donors (Lipinski definition) is 1. The molecular formula is C13H17FN2O2. The molecule has 0 spiro atoms. The van der Waals surface area contributed by atoms with Gasteiger partial charge in [0.05, 0.1) is 0 Å². The lowest BCUT2D eigenvalue weighted by molar-refractivity contribution is -0.132. The number of carbonyl (C=O) groups is 1. The largest absolute Gasteiger partial charge is 0.480 e. The van der Waals surface area contributed by atoms with Gasteiger partial charge in [-0.2, -0.15) is 0 Å². The summed E-state index contributed by atoms with van der Waals surface area (Å²) in [6, 6.07) is 3.95. The molecule has 5 heteroatoms. The van der Waals surface area contributed by atoms with Crippen molar-refractivity contribution in [1.29, 1.82) is 0 Å². The van der Waals surface area contributed by atoms with Crippen LogP contribution >= 0.6 is 0 Å². The molecule has 1 saturated heterocycles. The van der Waals surface area contributed by atoms with Gasteiger partial charge in [0.15, 0.2) is 6.10 Å². The van der Waals surface area contributed by atoms with Crippen molar-refractivity contribution in [2.45, 2.75) is 25.5 Å². The van der Waals surface area contributed by atoms with Gasteiger partial charge in [-0.25, -0.2) is 4.39 Å². The van der Waals surface area contributed by atoms with E-state index in [0.717, 1.165) is 0 Å². The summed E-state index contributed by atoms with van der Waals surface area (Å²) in [4.78, 5) is 13.4. The number of ether oxygens (including phenoxy) is 1. The Kier molecular flexibility index (Phi) is 3.52. The molecule has 1 fully saturated rings. The van der Waals surface area contributed by atoms with Crippen molar-refractivity contribution in [2.75, 3.05) is 13.6 Å². The van der Waals surface area contributed by atoms with Crippen molar-refractivity contribution in [2.24, 2.45) is 5.73 Å². The summed E-state index contributed by atoms with van der Waals surface area (Å²) in [5, 5.41) is 0. The molecule has 1 amide bonds. The van der Waals surface area contributed by atoms with Gasteiger partial charge >= 0.3 is 0 Å². The third-order valence-corrected chi connectivity index (χ3v) is 3.11. The van der Waals surface area contributed by atoms with E-state index in [1.165, 1.54) is 12.1 Å². The van der Waals surface area contributed by atoms with E-state index in [9.17, 15) is 9.18 Å². The predicted molar refractivity (Wildman–Crippen MR) is 65.7 cm³/mol. The number of likely N-dealkylation sites (tertiary alicyclic amines) is 1. The summed E-state index contributed by atoms with van der Waals surface area (Å²) in [6.45, 7) is 2.45. The zero-order valence-corrected chi connectivity index (χ0v) is 10.5. The van der Waals surface area contributed by atoms with Crippen LogP contribution in [0.4, 0.5) is 4.39 Å². The van der Waals surface area contributed by atoms with Crippen molar-refractivity contribution in [3.63, 3.8) is 0 Å². The Bertz CT molecular complexity index is 462. The molecule has 4 nitrogen and oxygen atoms in total. The Balaban J connectivity index is 2.23. The number of carbonyl (C=O) groups excluding carboxylic acids is 1. The zero-order chi connectivity index (χ0) is 13.3. The third kappa shape index (κ3) is 2.46. The number of benzene rings is 1. The first-order chi connectivity index (χ1) is 8.49. The highest BCUT2D eigenvalue weighted by atomic mass is 19.1. The van der Waals surface area contributed by atoms with Crippen LogP contribution < -0.4 is 10.5 Å². The first-order valence-corrected chi connectivity index (χ1v) is 5.95. The van der Waals surface area contributed by atoms with Gasteiger partial charge in [0.1, 0.15) is 11.6 Å². The van der Waals surface area contributed by atoms with Crippen LogP contribution in [0.25, 0.3) is 0 Å². The number of hydrogen-bond acceptors (Lipinski definition) is 3. The van der Waals surface area contributed by atoms with Gasteiger partial charge < -0.3 is 15.4 Å². The molecule has 18 heavy (non-hydrogen) atoms. The fraction of sp³-hybridized carbons (Fsp3) is 0.462. The van der Waals surface area contributed by atoms with E-state index in [1.807, 2.05) is 0 Å². The smallest absolute Gasteiger partial charge is 0.263 e.